The fourth-order valence-electron chi connectivity index (χ4n) is 2.11. The number of rotatable bonds is 6. The molecule has 0 saturated carbocycles. The first-order valence-electron chi connectivity index (χ1n) is 7.63. The fraction of sp³-hybridized carbons (Fsp3) is 0.211. The zero-order valence-electron chi connectivity index (χ0n) is 13.6. The van der Waals surface area contributed by atoms with E-state index in [9.17, 15) is 14.4 Å². The number of para-hydroxylation sites is 1. The molecule has 0 aromatic heterocycles. The van der Waals surface area contributed by atoms with E-state index in [2.05, 4.69) is 0 Å². The Labute approximate surface area is 140 Å². The topological polar surface area (TPSA) is 69.7 Å². The Morgan fingerprint density at radius 2 is 1.38 bits per heavy atom. The summed E-state index contributed by atoms with van der Waals surface area (Å²) in [5, 5.41) is 0. The summed E-state index contributed by atoms with van der Waals surface area (Å²) >= 11 is 0. The first kappa shape index (κ1) is 17.4. The maximum Gasteiger partial charge on any atom is 0.344 e. The fourth-order valence-corrected chi connectivity index (χ4v) is 2.11. The number of benzene rings is 2. The second-order valence-electron chi connectivity index (χ2n) is 5.12. The van der Waals surface area contributed by atoms with Gasteiger partial charge in [-0.3, -0.25) is 4.79 Å². The molecule has 2 rings (SSSR count). The molecule has 0 saturated heterocycles. The summed E-state index contributed by atoms with van der Waals surface area (Å²) in [6, 6.07) is 12.7. The van der Waals surface area contributed by atoms with Gasteiger partial charge in [0.15, 0.2) is 5.78 Å². The van der Waals surface area contributed by atoms with E-state index in [0.29, 0.717) is 12.0 Å². The number of carbonyl (C=O) groups excluding carboxylic acids is 3. The van der Waals surface area contributed by atoms with Crippen molar-refractivity contribution < 1.29 is 23.9 Å². The van der Waals surface area contributed by atoms with Gasteiger partial charge in [0.25, 0.3) is 0 Å². The summed E-state index contributed by atoms with van der Waals surface area (Å²) in [5.74, 6) is -1.35. The number of ether oxygens (including phenoxy) is 2. The molecule has 0 heterocycles. The Balaban J connectivity index is 2.28. The SMILES string of the molecule is CCCOC(=O)c1ccccc1C(=O)Oc1ccccc1C(C)=O. The van der Waals surface area contributed by atoms with Crippen molar-refractivity contribution in [2.75, 3.05) is 6.61 Å². The van der Waals surface area contributed by atoms with Crippen molar-refractivity contribution in [3.8, 4) is 5.75 Å². The van der Waals surface area contributed by atoms with Gasteiger partial charge in [-0.15, -0.1) is 0 Å². The van der Waals surface area contributed by atoms with Gasteiger partial charge in [0.2, 0.25) is 0 Å². The Hall–Kier alpha value is -2.95. The average Bonchev–Trinajstić information content (AvgIpc) is 2.59. The maximum atomic E-state index is 12.4. The van der Waals surface area contributed by atoms with Crippen LogP contribution in [0.25, 0.3) is 0 Å². The maximum absolute atomic E-state index is 12.4. The van der Waals surface area contributed by atoms with Gasteiger partial charge in [0, 0.05) is 0 Å². The Morgan fingerprint density at radius 3 is 1.96 bits per heavy atom. The minimum absolute atomic E-state index is 0.0944. The number of hydrogen-bond acceptors (Lipinski definition) is 5. The molecule has 124 valence electrons. The van der Waals surface area contributed by atoms with E-state index in [0.717, 1.165) is 0 Å². The van der Waals surface area contributed by atoms with Crippen molar-refractivity contribution in [3.63, 3.8) is 0 Å². The molecule has 0 aliphatic heterocycles. The van der Waals surface area contributed by atoms with Crippen LogP contribution in [0.2, 0.25) is 0 Å². The average molecular weight is 326 g/mol. The van der Waals surface area contributed by atoms with Crippen LogP contribution in [0.5, 0.6) is 5.75 Å². The molecule has 0 spiro atoms. The highest BCUT2D eigenvalue weighted by Crippen LogP contribution is 2.21. The van der Waals surface area contributed by atoms with Gasteiger partial charge in [-0.1, -0.05) is 31.2 Å². The van der Waals surface area contributed by atoms with Crippen LogP contribution in [0.1, 0.15) is 51.3 Å². The number of carbonyl (C=O) groups is 3. The smallest absolute Gasteiger partial charge is 0.344 e. The summed E-state index contributed by atoms with van der Waals surface area (Å²) in [7, 11) is 0. The van der Waals surface area contributed by atoms with Gasteiger partial charge in [0.05, 0.1) is 23.3 Å². The highest BCUT2D eigenvalue weighted by atomic mass is 16.5. The summed E-state index contributed by atoms with van der Waals surface area (Å²) in [4.78, 5) is 36.1. The molecule has 0 radical (unpaired) electrons. The highest BCUT2D eigenvalue weighted by molar-refractivity contribution is 6.04. The van der Waals surface area contributed by atoms with E-state index in [1.165, 1.54) is 25.1 Å². The van der Waals surface area contributed by atoms with Crippen molar-refractivity contribution in [3.05, 3.63) is 65.2 Å². The molecule has 0 atom stereocenters. The third-order valence-electron chi connectivity index (χ3n) is 3.27. The molecule has 0 bridgehead atoms. The predicted octanol–water partition coefficient (Wildman–Crippen LogP) is 3.68. The molecule has 5 nitrogen and oxygen atoms in total. The Kier molecular flexibility index (Phi) is 5.84. The summed E-state index contributed by atoms with van der Waals surface area (Å²) < 4.78 is 10.4. The molecule has 0 unspecified atom stereocenters. The van der Waals surface area contributed by atoms with Crippen LogP contribution in [0.3, 0.4) is 0 Å². The van der Waals surface area contributed by atoms with Crippen molar-refractivity contribution in [2.24, 2.45) is 0 Å². The molecule has 0 N–H and O–H groups in total. The molecular weight excluding hydrogens is 308 g/mol. The van der Waals surface area contributed by atoms with Gasteiger partial charge in [0.1, 0.15) is 5.75 Å². The molecule has 24 heavy (non-hydrogen) atoms. The lowest BCUT2D eigenvalue weighted by molar-refractivity contribution is 0.0496. The largest absolute Gasteiger partial charge is 0.462 e. The third kappa shape index (κ3) is 4.07. The van der Waals surface area contributed by atoms with Crippen LogP contribution in [-0.4, -0.2) is 24.3 Å². The standard InChI is InChI=1S/C19H18O5/c1-3-12-23-18(21)15-9-4-5-10-16(15)19(22)24-17-11-7-6-8-14(17)13(2)20/h4-11H,3,12H2,1-2H3. The van der Waals surface area contributed by atoms with E-state index in [1.807, 2.05) is 6.92 Å². The van der Waals surface area contributed by atoms with Crippen molar-refractivity contribution in [1.82, 2.24) is 0 Å². The molecule has 2 aromatic carbocycles. The molecule has 0 aliphatic carbocycles. The molecule has 0 amide bonds. The third-order valence-corrected chi connectivity index (χ3v) is 3.27. The van der Waals surface area contributed by atoms with Gasteiger partial charge in [-0.05, 0) is 37.6 Å². The van der Waals surface area contributed by atoms with Gasteiger partial charge < -0.3 is 9.47 Å². The Morgan fingerprint density at radius 1 is 0.833 bits per heavy atom. The predicted molar refractivity (Wildman–Crippen MR) is 88.4 cm³/mol. The lowest BCUT2D eigenvalue weighted by Gasteiger charge is -2.11. The zero-order chi connectivity index (χ0) is 17.5. The lowest BCUT2D eigenvalue weighted by atomic mass is 10.1. The monoisotopic (exact) mass is 326 g/mol. The number of hydrogen-bond donors (Lipinski definition) is 0. The number of Topliss-reactive ketones (excluding diaryl/α,β-unsaturated/α-hetero) is 1. The van der Waals surface area contributed by atoms with Crippen molar-refractivity contribution in [2.45, 2.75) is 20.3 Å². The van der Waals surface area contributed by atoms with Crippen LogP contribution in [0.4, 0.5) is 0 Å². The number of ketones is 1. The Bertz CT molecular complexity index is 764. The summed E-state index contributed by atoms with van der Waals surface area (Å²) in [5.41, 5.74) is 0.533. The molecule has 5 heteroatoms. The van der Waals surface area contributed by atoms with Crippen molar-refractivity contribution in [1.29, 1.82) is 0 Å². The minimum atomic E-state index is -0.715. The van der Waals surface area contributed by atoms with Crippen molar-refractivity contribution >= 4 is 17.7 Å². The van der Waals surface area contributed by atoms with Gasteiger partial charge in [-0.25, -0.2) is 9.59 Å². The summed E-state index contributed by atoms with van der Waals surface area (Å²) in [6.07, 6.45) is 0.685. The molecule has 0 aliphatic rings. The van der Waals surface area contributed by atoms with Crippen LogP contribution in [0.15, 0.2) is 48.5 Å². The van der Waals surface area contributed by atoms with Crippen LogP contribution < -0.4 is 4.74 Å². The van der Waals surface area contributed by atoms with Crippen LogP contribution in [-0.2, 0) is 4.74 Å². The second kappa shape index (κ2) is 8.06. The van der Waals surface area contributed by atoms with E-state index < -0.39 is 11.9 Å². The van der Waals surface area contributed by atoms with E-state index in [1.54, 1.807) is 30.3 Å². The van der Waals surface area contributed by atoms with E-state index in [4.69, 9.17) is 9.47 Å². The second-order valence-corrected chi connectivity index (χ2v) is 5.12. The highest BCUT2D eigenvalue weighted by Gasteiger charge is 2.20. The first-order valence-corrected chi connectivity index (χ1v) is 7.63. The molecule has 0 fully saturated rings. The number of esters is 2. The van der Waals surface area contributed by atoms with E-state index >= 15 is 0 Å². The molecular formula is C19H18O5. The normalized spacial score (nSPS) is 10.1. The van der Waals surface area contributed by atoms with Gasteiger partial charge in [-0.2, -0.15) is 0 Å². The van der Waals surface area contributed by atoms with Crippen LogP contribution >= 0.6 is 0 Å². The van der Waals surface area contributed by atoms with Gasteiger partial charge >= 0.3 is 11.9 Å². The van der Waals surface area contributed by atoms with Crippen LogP contribution in [0, 0.1) is 0 Å². The zero-order valence-corrected chi connectivity index (χ0v) is 13.6. The quantitative estimate of drug-likeness (QED) is 0.460. The lowest BCUT2D eigenvalue weighted by Crippen LogP contribution is -2.17. The molecule has 2 aromatic rings. The summed E-state index contributed by atoms with van der Waals surface area (Å²) in [6.45, 7) is 3.55. The first-order chi connectivity index (χ1) is 11.5. The van der Waals surface area contributed by atoms with E-state index in [-0.39, 0.29) is 29.3 Å². The minimum Gasteiger partial charge on any atom is -0.462 e.